The van der Waals surface area contributed by atoms with Crippen molar-refractivity contribution in [2.45, 2.75) is 38.6 Å². The van der Waals surface area contributed by atoms with Crippen molar-refractivity contribution in [2.75, 3.05) is 36.0 Å². The molecule has 0 saturated carbocycles. The molecule has 7 nitrogen and oxygen atoms in total. The first kappa shape index (κ1) is 27.4. The Morgan fingerprint density at radius 3 is 2.35 bits per heavy atom. The summed E-state index contributed by atoms with van der Waals surface area (Å²) in [5.41, 5.74) is 1.34. The van der Waals surface area contributed by atoms with E-state index in [0.29, 0.717) is 43.5 Å². The molecule has 2 aliphatic rings. The third-order valence-corrected chi connectivity index (χ3v) is 6.81. The number of aromatic nitrogens is 1. The second-order valence-corrected chi connectivity index (χ2v) is 9.95. The van der Waals surface area contributed by atoms with Crippen molar-refractivity contribution in [3.63, 3.8) is 0 Å². The summed E-state index contributed by atoms with van der Waals surface area (Å²) in [6.45, 7) is 5.66. The van der Waals surface area contributed by atoms with Crippen molar-refractivity contribution in [2.24, 2.45) is 4.99 Å². The summed E-state index contributed by atoms with van der Waals surface area (Å²) < 4.78 is 60.0. The predicted octanol–water partition coefficient (Wildman–Crippen LogP) is 5.95. The molecule has 0 N–H and O–H groups in total. The Kier molecular flexibility index (Phi) is 7.64. The Balaban J connectivity index is 1.53. The average molecular weight is 556 g/mol. The minimum absolute atomic E-state index is 0.132. The van der Waals surface area contributed by atoms with Crippen LogP contribution in [0.2, 0.25) is 0 Å². The number of nitrogens with zero attached hydrogens (tertiary/aromatic N) is 5. The normalized spacial score (nSPS) is 17.5. The molecule has 0 bridgehead atoms. The summed E-state index contributed by atoms with van der Waals surface area (Å²) in [4.78, 5) is 28.0. The molecule has 0 radical (unpaired) electrons. The van der Waals surface area contributed by atoms with Gasteiger partial charge < -0.3 is 19.4 Å². The average Bonchev–Trinajstić information content (AvgIpc) is 2.92. The summed E-state index contributed by atoms with van der Waals surface area (Å²) in [6, 6.07) is 14.0. The van der Waals surface area contributed by atoms with Gasteiger partial charge in [-0.1, -0.05) is 6.07 Å². The van der Waals surface area contributed by atoms with E-state index < -0.39 is 23.8 Å². The first-order chi connectivity index (χ1) is 19.1. The van der Waals surface area contributed by atoms with Crippen LogP contribution in [0.15, 0.2) is 71.9 Å². The lowest BCUT2D eigenvalue weighted by molar-refractivity contribution is -0.147. The molecule has 0 amide bonds. The Morgan fingerprint density at radius 2 is 1.68 bits per heavy atom. The quantitative estimate of drug-likeness (QED) is 0.286. The SMILES string of the molecule is CC(C)OC(=O)CC1c2ncccc2N=C(N2CCN(c3ccc(F)cc3)CC2)N1c1cccc(C(F)(F)F)c1. The lowest BCUT2D eigenvalue weighted by atomic mass is 10.0. The molecule has 2 aromatic carbocycles. The number of guanidine groups is 1. The number of ether oxygens (including phenoxy) is 1. The molecular weight excluding hydrogens is 526 g/mol. The van der Waals surface area contributed by atoms with Gasteiger partial charge >= 0.3 is 12.1 Å². The fourth-order valence-electron chi connectivity index (χ4n) is 5.01. The van der Waals surface area contributed by atoms with Gasteiger partial charge in [0.15, 0.2) is 0 Å². The van der Waals surface area contributed by atoms with Gasteiger partial charge in [-0.25, -0.2) is 9.38 Å². The lowest BCUT2D eigenvalue weighted by Crippen LogP contribution is -2.55. The predicted molar refractivity (Wildman–Crippen MR) is 144 cm³/mol. The number of rotatable bonds is 5. The molecule has 1 aromatic heterocycles. The molecule has 1 atom stereocenters. The number of halogens is 4. The van der Waals surface area contributed by atoms with Crippen LogP contribution in [0, 0.1) is 5.82 Å². The number of esters is 1. The molecule has 1 fully saturated rings. The van der Waals surface area contributed by atoms with Crippen molar-refractivity contribution in [3.05, 3.63) is 83.9 Å². The fourth-order valence-corrected chi connectivity index (χ4v) is 5.01. The van der Waals surface area contributed by atoms with Crippen LogP contribution < -0.4 is 9.80 Å². The zero-order chi connectivity index (χ0) is 28.4. The molecule has 3 aromatic rings. The molecule has 2 aliphatic heterocycles. The number of piperazine rings is 1. The lowest BCUT2D eigenvalue weighted by Gasteiger charge is -2.44. The minimum atomic E-state index is -4.55. The number of pyridine rings is 1. The van der Waals surface area contributed by atoms with Gasteiger partial charge in [-0.2, -0.15) is 13.2 Å². The van der Waals surface area contributed by atoms with E-state index in [1.54, 1.807) is 55.3 Å². The number of carbonyl (C=O) groups is 1. The highest BCUT2D eigenvalue weighted by Crippen LogP contribution is 2.41. The smallest absolute Gasteiger partial charge is 0.416 e. The molecular formula is C29H29F4N5O2. The Morgan fingerprint density at radius 1 is 0.975 bits per heavy atom. The van der Waals surface area contributed by atoms with Crippen LogP contribution in [-0.4, -0.2) is 54.1 Å². The van der Waals surface area contributed by atoms with Crippen LogP contribution in [0.1, 0.15) is 37.6 Å². The molecule has 0 spiro atoms. The van der Waals surface area contributed by atoms with E-state index in [2.05, 4.69) is 9.88 Å². The third-order valence-electron chi connectivity index (χ3n) is 6.81. The van der Waals surface area contributed by atoms with Gasteiger partial charge in [0.25, 0.3) is 0 Å². The van der Waals surface area contributed by atoms with Gasteiger partial charge in [0.05, 0.1) is 35.5 Å². The molecule has 1 unspecified atom stereocenters. The first-order valence-electron chi connectivity index (χ1n) is 13.0. The molecule has 1 saturated heterocycles. The van der Waals surface area contributed by atoms with Crippen LogP contribution in [0.4, 0.5) is 34.6 Å². The second kappa shape index (κ2) is 11.1. The molecule has 3 heterocycles. The highest BCUT2D eigenvalue weighted by Gasteiger charge is 2.39. The van der Waals surface area contributed by atoms with Crippen molar-refractivity contribution in [3.8, 4) is 0 Å². The zero-order valence-corrected chi connectivity index (χ0v) is 22.1. The number of hydrogen-bond donors (Lipinski definition) is 0. The van der Waals surface area contributed by atoms with Gasteiger partial charge in [-0.05, 0) is 68.4 Å². The van der Waals surface area contributed by atoms with Crippen LogP contribution in [-0.2, 0) is 15.7 Å². The van der Waals surface area contributed by atoms with E-state index in [-0.39, 0.29) is 24.0 Å². The van der Waals surface area contributed by atoms with Crippen molar-refractivity contribution in [1.82, 2.24) is 9.88 Å². The number of alkyl halides is 3. The maximum Gasteiger partial charge on any atom is 0.416 e. The summed E-state index contributed by atoms with van der Waals surface area (Å²) >= 11 is 0. The first-order valence-corrected chi connectivity index (χ1v) is 13.0. The van der Waals surface area contributed by atoms with E-state index in [1.807, 2.05) is 4.90 Å². The van der Waals surface area contributed by atoms with Crippen LogP contribution in [0.5, 0.6) is 0 Å². The summed E-state index contributed by atoms with van der Waals surface area (Å²) in [7, 11) is 0. The van der Waals surface area contributed by atoms with E-state index >= 15 is 0 Å². The monoisotopic (exact) mass is 555 g/mol. The minimum Gasteiger partial charge on any atom is -0.463 e. The highest BCUT2D eigenvalue weighted by atomic mass is 19.4. The number of fused-ring (bicyclic) bond motifs is 1. The van der Waals surface area contributed by atoms with Crippen LogP contribution in [0.3, 0.4) is 0 Å². The molecule has 210 valence electrons. The summed E-state index contributed by atoms with van der Waals surface area (Å²) in [6.07, 6.45) is -3.46. The van der Waals surface area contributed by atoms with E-state index in [4.69, 9.17) is 9.73 Å². The summed E-state index contributed by atoms with van der Waals surface area (Å²) in [5, 5.41) is 0. The number of aliphatic imine (C=N–C) groups is 1. The maximum absolute atomic E-state index is 13.7. The zero-order valence-electron chi connectivity index (χ0n) is 22.1. The van der Waals surface area contributed by atoms with Gasteiger partial charge in [0.1, 0.15) is 5.82 Å². The number of carbonyl (C=O) groups excluding carboxylic acids is 1. The summed E-state index contributed by atoms with van der Waals surface area (Å²) in [5.74, 6) is -0.373. The van der Waals surface area contributed by atoms with Crippen molar-refractivity contribution < 1.29 is 27.1 Å². The molecule has 40 heavy (non-hydrogen) atoms. The van der Waals surface area contributed by atoms with Gasteiger partial charge in [-0.3, -0.25) is 9.78 Å². The second-order valence-electron chi connectivity index (χ2n) is 9.95. The molecule has 0 aliphatic carbocycles. The van der Waals surface area contributed by atoms with E-state index in [1.165, 1.54) is 18.2 Å². The number of hydrogen-bond acceptors (Lipinski definition) is 7. The number of anilines is 2. The Bertz CT molecular complexity index is 1390. The van der Waals surface area contributed by atoms with E-state index in [9.17, 15) is 22.4 Å². The third kappa shape index (κ3) is 5.88. The topological polar surface area (TPSA) is 61.3 Å². The largest absolute Gasteiger partial charge is 0.463 e. The standard InChI is InChI=1S/C29H29F4N5O2/c1-19(2)40-26(39)18-25-27-24(7-4-12-34-27)35-28(38(25)23-6-3-5-20(17-23)29(31,32)33)37-15-13-36(14-16-37)22-10-8-21(30)9-11-22/h3-12,17,19,25H,13-16,18H2,1-2H3. The Labute approximate surface area is 229 Å². The van der Waals surface area contributed by atoms with Crippen LogP contribution >= 0.6 is 0 Å². The molecule has 11 heteroatoms. The molecule has 5 rings (SSSR count). The fraction of sp³-hybridized carbons (Fsp3) is 0.345. The van der Waals surface area contributed by atoms with Gasteiger partial charge in [0, 0.05) is 43.8 Å². The van der Waals surface area contributed by atoms with E-state index in [0.717, 1.165) is 17.8 Å². The number of benzene rings is 2. The maximum atomic E-state index is 13.7. The van der Waals surface area contributed by atoms with Crippen molar-refractivity contribution in [1.29, 1.82) is 0 Å². The van der Waals surface area contributed by atoms with Gasteiger partial charge in [0.2, 0.25) is 5.96 Å². The van der Waals surface area contributed by atoms with Crippen molar-refractivity contribution >= 4 is 29.0 Å². The van der Waals surface area contributed by atoms with Crippen LogP contribution in [0.25, 0.3) is 0 Å². The highest BCUT2D eigenvalue weighted by molar-refractivity contribution is 6.01. The Hall–Kier alpha value is -4.15. The van der Waals surface area contributed by atoms with Gasteiger partial charge in [-0.15, -0.1) is 0 Å².